The number of H-pyrrole nitrogens is 1. The summed E-state index contributed by atoms with van der Waals surface area (Å²) in [7, 11) is -3.45. The number of hydrogen-bond donors (Lipinski definition) is 1. The zero-order chi connectivity index (χ0) is 11.1. The van der Waals surface area contributed by atoms with E-state index in [4.69, 9.17) is 0 Å². The smallest absolute Gasteiger partial charge is 0.249 e. The van der Waals surface area contributed by atoms with Crippen LogP contribution in [0.3, 0.4) is 0 Å². The molecule has 7 heteroatoms. The molecule has 0 aliphatic heterocycles. The highest BCUT2D eigenvalue weighted by Crippen LogP contribution is 2.07. The molecule has 15 heavy (non-hydrogen) atoms. The van der Waals surface area contributed by atoms with E-state index in [0.717, 1.165) is 6.26 Å². The maximum Gasteiger partial charge on any atom is 0.249 e. The second-order valence-electron chi connectivity index (χ2n) is 3.05. The fourth-order valence-corrected chi connectivity index (χ4v) is 1.60. The Morgan fingerprint density at radius 1 is 1.33 bits per heavy atom. The normalized spacial score (nSPS) is 11.8. The number of aromatic nitrogens is 3. The number of nitrogens with one attached hydrogen (secondary N) is 1. The van der Waals surface area contributed by atoms with Crippen molar-refractivity contribution in [2.45, 2.75) is 5.16 Å². The van der Waals surface area contributed by atoms with Gasteiger partial charge in [-0.1, -0.05) is 0 Å². The van der Waals surface area contributed by atoms with Gasteiger partial charge in [-0.15, -0.1) is 0 Å². The molecule has 0 aliphatic carbocycles. The quantitative estimate of drug-likeness (QED) is 0.674. The van der Waals surface area contributed by atoms with Crippen LogP contribution < -0.4 is 5.56 Å². The van der Waals surface area contributed by atoms with Gasteiger partial charge in [0.25, 0.3) is 0 Å². The molecule has 0 spiro atoms. The van der Waals surface area contributed by atoms with Crippen molar-refractivity contribution in [1.29, 1.82) is 0 Å². The van der Waals surface area contributed by atoms with Crippen molar-refractivity contribution in [2.75, 3.05) is 6.26 Å². The average Bonchev–Trinajstić information content (AvgIpc) is 2.15. The highest BCUT2D eigenvalue weighted by molar-refractivity contribution is 7.90. The van der Waals surface area contributed by atoms with Gasteiger partial charge in [0.15, 0.2) is 0 Å². The lowest BCUT2D eigenvalue weighted by Gasteiger charge is -1.98. The van der Waals surface area contributed by atoms with Crippen LogP contribution >= 0.6 is 0 Å². The maximum absolute atomic E-state index is 11.1. The molecule has 0 atom stereocenters. The number of hydrogen-bond acceptors (Lipinski definition) is 5. The first-order valence-corrected chi connectivity index (χ1v) is 5.92. The molecule has 1 N–H and O–H groups in total. The standard InChI is InChI=1S/C8H7N3O3S/c1-15(13,14)8-9-4-5-2-3-6(12)10-7(5)11-8/h2-4H,1H3,(H,9,10,11,12). The molecule has 0 fully saturated rings. The number of rotatable bonds is 1. The van der Waals surface area contributed by atoms with E-state index < -0.39 is 9.84 Å². The Balaban J connectivity index is 2.81. The summed E-state index contributed by atoms with van der Waals surface area (Å²) in [6, 6.07) is 2.85. The van der Waals surface area contributed by atoms with Crippen LogP contribution in [-0.2, 0) is 9.84 Å². The van der Waals surface area contributed by atoms with Crippen molar-refractivity contribution in [1.82, 2.24) is 15.0 Å². The van der Waals surface area contributed by atoms with E-state index in [1.54, 1.807) is 0 Å². The monoisotopic (exact) mass is 225 g/mol. The van der Waals surface area contributed by atoms with Gasteiger partial charge in [-0.05, 0) is 6.07 Å². The average molecular weight is 225 g/mol. The van der Waals surface area contributed by atoms with E-state index in [9.17, 15) is 13.2 Å². The van der Waals surface area contributed by atoms with Gasteiger partial charge in [-0.2, -0.15) is 0 Å². The number of aromatic amines is 1. The van der Waals surface area contributed by atoms with Crippen LogP contribution in [0.4, 0.5) is 0 Å². The summed E-state index contributed by atoms with van der Waals surface area (Å²) in [6.07, 6.45) is 2.36. The Morgan fingerprint density at radius 3 is 2.73 bits per heavy atom. The Kier molecular flexibility index (Phi) is 2.04. The summed E-state index contributed by atoms with van der Waals surface area (Å²) >= 11 is 0. The minimum absolute atomic E-state index is 0.220. The van der Waals surface area contributed by atoms with Crippen molar-refractivity contribution in [3.63, 3.8) is 0 Å². The van der Waals surface area contributed by atoms with E-state index in [0.29, 0.717) is 5.39 Å². The third-order valence-electron chi connectivity index (χ3n) is 1.78. The molecule has 2 heterocycles. The topological polar surface area (TPSA) is 92.8 Å². The molecule has 0 bridgehead atoms. The number of sulfone groups is 1. The molecule has 2 rings (SSSR count). The fraction of sp³-hybridized carbons (Fsp3) is 0.125. The molecule has 0 amide bonds. The first kappa shape index (κ1) is 9.78. The second kappa shape index (κ2) is 3.13. The van der Waals surface area contributed by atoms with Crippen LogP contribution in [0.1, 0.15) is 0 Å². The molecule has 0 aromatic carbocycles. The number of fused-ring (bicyclic) bond motifs is 1. The summed E-state index contributed by atoms with van der Waals surface area (Å²) < 4.78 is 22.3. The minimum Gasteiger partial charge on any atom is -0.306 e. The molecular formula is C8H7N3O3S. The fourth-order valence-electron chi connectivity index (χ4n) is 1.10. The van der Waals surface area contributed by atoms with Gasteiger partial charge in [-0.3, -0.25) is 4.79 Å². The Hall–Kier alpha value is -1.76. The van der Waals surface area contributed by atoms with Gasteiger partial charge < -0.3 is 4.98 Å². The Labute approximate surface area is 84.9 Å². The molecule has 2 aromatic rings. The second-order valence-corrected chi connectivity index (χ2v) is 4.96. The Morgan fingerprint density at radius 2 is 2.07 bits per heavy atom. The summed E-state index contributed by atoms with van der Waals surface area (Å²) in [6.45, 7) is 0. The van der Waals surface area contributed by atoms with Crippen LogP contribution in [-0.4, -0.2) is 29.6 Å². The molecule has 6 nitrogen and oxygen atoms in total. The predicted octanol–water partition coefficient (Wildman–Crippen LogP) is -0.278. The summed E-state index contributed by atoms with van der Waals surface area (Å²) in [5.41, 5.74) is -0.112. The van der Waals surface area contributed by atoms with Gasteiger partial charge >= 0.3 is 0 Å². The van der Waals surface area contributed by atoms with E-state index in [1.165, 1.54) is 18.3 Å². The van der Waals surface area contributed by atoms with E-state index >= 15 is 0 Å². The molecule has 0 saturated heterocycles. The van der Waals surface area contributed by atoms with E-state index in [1.807, 2.05) is 0 Å². The van der Waals surface area contributed by atoms with Crippen molar-refractivity contribution < 1.29 is 8.42 Å². The largest absolute Gasteiger partial charge is 0.306 e. The van der Waals surface area contributed by atoms with Gasteiger partial charge in [0, 0.05) is 23.9 Å². The number of nitrogens with zero attached hydrogens (tertiary/aromatic N) is 2. The third kappa shape index (κ3) is 1.86. The highest BCUT2D eigenvalue weighted by atomic mass is 32.2. The van der Waals surface area contributed by atoms with E-state index in [2.05, 4.69) is 15.0 Å². The highest BCUT2D eigenvalue weighted by Gasteiger charge is 2.11. The maximum atomic E-state index is 11.1. The van der Waals surface area contributed by atoms with Gasteiger partial charge in [-0.25, -0.2) is 18.4 Å². The first-order valence-electron chi connectivity index (χ1n) is 4.03. The van der Waals surface area contributed by atoms with Crippen molar-refractivity contribution >= 4 is 20.9 Å². The van der Waals surface area contributed by atoms with Crippen molar-refractivity contribution in [2.24, 2.45) is 0 Å². The summed E-state index contributed by atoms with van der Waals surface area (Å²) in [5.74, 6) is 0. The van der Waals surface area contributed by atoms with Crippen molar-refractivity contribution in [3.8, 4) is 0 Å². The predicted molar refractivity (Wildman–Crippen MR) is 53.3 cm³/mol. The minimum atomic E-state index is -3.45. The van der Waals surface area contributed by atoms with Crippen LogP contribution in [0.15, 0.2) is 28.3 Å². The van der Waals surface area contributed by atoms with Crippen LogP contribution in [0.25, 0.3) is 11.0 Å². The third-order valence-corrected chi connectivity index (χ3v) is 2.64. The zero-order valence-electron chi connectivity index (χ0n) is 7.76. The molecule has 0 unspecified atom stereocenters. The van der Waals surface area contributed by atoms with Crippen molar-refractivity contribution in [3.05, 3.63) is 28.7 Å². The summed E-state index contributed by atoms with van der Waals surface area (Å²) in [4.78, 5) is 20.8. The molecule has 0 aliphatic rings. The lowest BCUT2D eigenvalue weighted by Crippen LogP contribution is -2.08. The molecule has 0 radical (unpaired) electrons. The number of pyridine rings is 1. The lowest BCUT2D eigenvalue weighted by atomic mass is 10.3. The van der Waals surface area contributed by atoms with Gasteiger partial charge in [0.1, 0.15) is 5.65 Å². The Bertz CT molecular complexity index is 675. The molecular weight excluding hydrogens is 218 g/mol. The summed E-state index contributed by atoms with van der Waals surface area (Å²) in [5, 5.41) is 0.291. The first-order chi connectivity index (χ1) is 6.97. The van der Waals surface area contributed by atoms with E-state index in [-0.39, 0.29) is 16.4 Å². The molecule has 0 saturated carbocycles. The zero-order valence-corrected chi connectivity index (χ0v) is 8.58. The SMILES string of the molecule is CS(=O)(=O)c1ncc2ccc(=O)[nH]c2n1. The molecule has 78 valence electrons. The van der Waals surface area contributed by atoms with Crippen LogP contribution in [0, 0.1) is 0 Å². The van der Waals surface area contributed by atoms with Crippen LogP contribution in [0.2, 0.25) is 0 Å². The van der Waals surface area contributed by atoms with Gasteiger partial charge in [0.05, 0.1) is 0 Å². The molecule has 2 aromatic heterocycles. The lowest BCUT2D eigenvalue weighted by molar-refractivity contribution is 0.593. The van der Waals surface area contributed by atoms with Crippen LogP contribution in [0.5, 0.6) is 0 Å². The van der Waals surface area contributed by atoms with Gasteiger partial charge in [0.2, 0.25) is 20.6 Å².